The summed E-state index contributed by atoms with van der Waals surface area (Å²) in [5.41, 5.74) is 8.17. The number of anilines is 2. The molecule has 3 aliphatic rings. The monoisotopic (exact) mass is 485 g/mol. The molecule has 0 bridgehead atoms. The van der Waals surface area contributed by atoms with Crippen LogP contribution in [0.5, 0.6) is 0 Å². The zero-order valence-electron chi connectivity index (χ0n) is 19.6. The van der Waals surface area contributed by atoms with E-state index in [-0.39, 0.29) is 29.2 Å². The van der Waals surface area contributed by atoms with Crippen LogP contribution in [0.15, 0.2) is 17.1 Å². The van der Waals surface area contributed by atoms with Crippen LogP contribution in [-0.2, 0) is 16.9 Å². The first-order valence-electron chi connectivity index (χ1n) is 12.1. The molecule has 1 aliphatic heterocycles. The quantitative estimate of drug-likeness (QED) is 0.524. The van der Waals surface area contributed by atoms with Gasteiger partial charge in [0.05, 0.1) is 17.0 Å². The third-order valence-corrected chi connectivity index (χ3v) is 8.60. The Morgan fingerprint density at radius 2 is 1.91 bits per heavy atom. The van der Waals surface area contributed by atoms with Crippen LogP contribution in [0.2, 0.25) is 0 Å². The number of nitrogens with zero attached hydrogens (tertiary/aromatic N) is 5. The molecule has 0 unspecified atom stereocenters. The second-order valence-corrected chi connectivity index (χ2v) is 12.6. The van der Waals surface area contributed by atoms with Crippen LogP contribution in [0.3, 0.4) is 0 Å². The number of hydrogen-bond acceptors (Lipinski definition) is 7. The highest BCUT2D eigenvalue weighted by Gasteiger charge is 2.43. The van der Waals surface area contributed by atoms with Gasteiger partial charge in [0.2, 0.25) is 0 Å². The van der Waals surface area contributed by atoms with Gasteiger partial charge in [0.15, 0.2) is 5.82 Å². The Morgan fingerprint density at radius 3 is 2.56 bits per heavy atom. The number of aryl methyl sites for hydroxylation is 1. The molecule has 0 aromatic carbocycles. The minimum Gasteiger partial charge on any atom is -0.382 e. The van der Waals surface area contributed by atoms with Crippen molar-refractivity contribution in [3.63, 3.8) is 0 Å². The molecule has 2 aliphatic carbocycles. The highest BCUT2D eigenvalue weighted by Crippen LogP contribution is 2.52. The van der Waals surface area contributed by atoms with E-state index in [0.29, 0.717) is 22.7 Å². The largest absolute Gasteiger partial charge is 0.382 e. The third-order valence-electron chi connectivity index (χ3n) is 7.61. The number of nitrogen functional groups attached to an aromatic ring is 1. The number of sulfone groups is 1. The molecule has 11 heteroatoms. The maximum atomic E-state index is 13.5. The van der Waals surface area contributed by atoms with Crippen molar-refractivity contribution in [1.82, 2.24) is 24.5 Å². The Balaban J connectivity index is 1.46. The van der Waals surface area contributed by atoms with Crippen molar-refractivity contribution >= 4 is 32.4 Å². The standard InChI is InChI=1S/C23H31N7O3S/c1-28-18(29-9-3-4-15(29)12-34(2,32)33)10-17(27-28)16-11-30(21(13-5-6-13)14-7-8-14)23(31)19-20(16)25-26-22(19)24/h10-11,13-15,21H,3-9,12H2,1-2H3,(H3,24,25,26)/t15-/m0/s1. The van der Waals surface area contributed by atoms with Gasteiger partial charge in [-0.2, -0.15) is 10.2 Å². The minimum absolute atomic E-state index is 0.0656. The van der Waals surface area contributed by atoms with Crippen LogP contribution in [0.1, 0.15) is 44.6 Å². The fraction of sp³-hybridized carbons (Fsp3) is 0.609. The molecule has 34 heavy (non-hydrogen) atoms. The molecule has 182 valence electrons. The van der Waals surface area contributed by atoms with Gasteiger partial charge in [-0.15, -0.1) is 0 Å². The summed E-state index contributed by atoms with van der Waals surface area (Å²) in [4.78, 5) is 15.6. The molecule has 3 N–H and O–H groups in total. The van der Waals surface area contributed by atoms with E-state index in [0.717, 1.165) is 62.1 Å². The summed E-state index contributed by atoms with van der Waals surface area (Å²) >= 11 is 0. The summed E-state index contributed by atoms with van der Waals surface area (Å²) in [7, 11) is -1.22. The second-order valence-electron chi connectivity index (χ2n) is 10.4. The van der Waals surface area contributed by atoms with Gasteiger partial charge in [-0.3, -0.25) is 14.6 Å². The fourth-order valence-electron chi connectivity index (χ4n) is 5.81. The van der Waals surface area contributed by atoms with Crippen molar-refractivity contribution in [3.8, 4) is 11.3 Å². The Bertz CT molecular complexity index is 1420. The molecule has 6 rings (SSSR count). The SMILES string of the molecule is Cn1nc(-c2cn(C(C3CC3)C3CC3)c(=O)c3c(N)n[nH]c23)cc1N1CCC[C@H]1CS(C)(=O)=O. The summed E-state index contributed by atoms with van der Waals surface area (Å²) in [6, 6.07) is 2.12. The molecule has 0 amide bonds. The smallest absolute Gasteiger partial charge is 0.264 e. The maximum absolute atomic E-state index is 13.5. The molecule has 3 aromatic rings. The fourth-order valence-corrected chi connectivity index (χ4v) is 6.85. The Morgan fingerprint density at radius 1 is 1.21 bits per heavy atom. The number of aromatic amines is 1. The molecule has 4 heterocycles. The lowest BCUT2D eigenvalue weighted by molar-refractivity contribution is 0.386. The maximum Gasteiger partial charge on any atom is 0.264 e. The summed E-state index contributed by atoms with van der Waals surface area (Å²) < 4.78 is 27.6. The first-order chi connectivity index (χ1) is 16.2. The van der Waals surface area contributed by atoms with Gasteiger partial charge in [0.25, 0.3) is 5.56 Å². The highest BCUT2D eigenvalue weighted by atomic mass is 32.2. The van der Waals surface area contributed by atoms with E-state index in [2.05, 4.69) is 15.1 Å². The molecule has 3 aromatic heterocycles. The molecular weight excluding hydrogens is 454 g/mol. The summed E-state index contributed by atoms with van der Waals surface area (Å²) in [6.07, 6.45) is 9.64. The van der Waals surface area contributed by atoms with E-state index in [1.165, 1.54) is 6.26 Å². The molecule has 1 saturated heterocycles. The van der Waals surface area contributed by atoms with Crippen molar-refractivity contribution in [1.29, 1.82) is 0 Å². The average molecular weight is 486 g/mol. The number of rotatable bonds is 7. The molecule has 1 atom stereocenters. The second kappa shape index (κ2) is 7.59. The first-order valence-corrected chi connectivity index (χ1v) is 14.1. The van der Waals surface area contributed by atoms with Gasteiger partial charge >= 0.3 is 0 Å². The molecule has 10 nitrogen and oxygen atoms in total. The number of nitrogens with two attached hydrogens (primary N) is 1. The van der Waals surface area contributed by atoms with E-state index < -0.39 is 9.84 Å². The van der Waals surface area contributed by atoms with Crippen molar-refractivity contribution < 1.29 is 8.42 Å². The molecule has 2 saturated carbocycles. The number of fused-ring (bicyclic) bond motifs is 1. The highest BCUT2D eigenvalue weighted by molar-refractivity contribution is 7.90. The molecular formula is C23H31N7O3S. The average Bonchev–Trinajstić information content (AvgIpc) is 3.67. The normalized spacial score (nSPS) is 21.3. The van der Waals surface area contributed by atoms with Crippen LogP contribution in [-0.4, -0.2) is 57.6 Å². The van der Waals surface area contributed by atoms with Crippen LogP contribution >= 0.6 is 0 Å². The summed E-state index contributed by atoms with van der Waals surface area (Å²) in [6.45, 7) is 0.788. The lowest BCUT2D eigenvalue weighted by atomic mass is 10.0. The molecule has 0 spiro atoms. The van der Waals surface area contributed by atoms with Crippen molar-refractivity contribution in [2.75, 3.05) is 29.2 Å². The van der Waals surface area contributed by atoms with Crippen LogP contribution in [0.4, 0.5) is 11.6 Å². The zero-order chi connectivity index (χ0) is 23.8. The number of aromatic nitrogens is 5. The van der Waals surface area contributed by atoms with E-state index in [1.807, 2.05) is 23.9 Å². The van der Waals surface area contributed by atoms with E-state index in [1.54, 1.807) is 4.68 Å². The topological polar surface area (TPSA) is 132 Å². The number of hydrogen-bond donors (Lipinski definition) is 2. The van der Waals surface area contributed by atoms with Crippen LogP contribution in [0.25, 0.3) is 22.2 Å². The number of pyridine rings is 1. The van der Waals surface area contributed by atoms with E-state index in [4.69, 9.17) is 10.8 Å². The van der Waals surface area contributed by atoms with Crippen molar-refractivity contribution in [3.05, 3.63) is 22.6 Å². The van der Waals surface area contributed by atoms with E-state index in [9.17, 15) is 13.2 Å². The minimum atomic E-state index is -3.09. The summed E-state index contributed by atoms with van der Waals surface area (Å²) in [5.74, 6) is 2.31. The lowest BCUT2D eigenvalue weighted by Crippen LogP contribution is -2.36. The van der Waals surface area contributed by atoms with Gasteiger partial charge in [0.1, 0.15) is 21.0 Å². The Labute approximate surface area is 198 Å². The number of H-pyrrole nitrogens is 1. The van der Waals surface area contributed by atoms with Crippen molar-refractivity contribution in [2.45, 2.75) is 50.6 Å². The first kappa shape index (κ1) is 21.7. The number of nitrogens with one attached hydrogen (secondary N) is 1. The van der Waals surface area contributed by atoms with Gasteiger partial charge in [-0.1, -0.05) is 0 Å². The van der Waals surface area contributed by atoms with Crippen LogP contribution < -0.4 is 16.2 Å². The van der Waals surface area contributed by atoms with Gasteiger partial charge < -0.3 is 15.2 Å². The molecule has 0 radical (unpaired) electrons. The lowest BCUT2D eigenvalue weighted by Gasteiger charge is -2.25. The van der Waals surface area contributed by atoms with Gasteiger partial charge in [0, 0.05) is 49.8 Å². The molecule has 3 fully saturated rings. The summed E-state index contributed by atoms with van der Waals surface area (Å²) in [5, 5.41) is 12.3. The van der Waals surface area contributed by atoms with Crippen molar-refractivity contribution in [2.24, 2.45) is 18.9 Å². The Hall–Kier alpha value is -2.82. The predicted octanol–water partition coefficient (Wildman–Crippen LogP) is 2.08. The third kappa shape index (κ3) is 3.70. The zero-order valence-corrected chi connectivity index (χ0v) is 20.4. The Kier molecular flexibility index (Phi) is 4.84. The van der Waals surface area contributed by atoms with E-state index >= 15 is 0 Å². The van der Waals surface area contributed by atoms with Gasteiger partial charge in [-0.05, 0) is 50.4 Å². The van der Waals surface area contributed by atoms with Gasteiger partial charge in [-0.25, -0.2) is 8.42 Å². The predicted molar refractivity (Wildman–Crippen MR) is 132 cm³/mol. The van der Waals surface area contributed by atoms with Crippen LogP contribution in [0, 0.1) is 11.8 Å².